The number of methoxy groups -OCH3 is 1. The van der Waals surface area contributed by atoms with Crippen LogP contribution in [-0.2, 0) is 0 Å². The van der Waals surface area contributed by atoms with Gasteiger partial charge in [0.15, 0.2) is 5.78 Å². The fraction of sp³-hybridized carbons (Fsp3) is 0.211. The summed E-state index contributed by atoms with van der Waals surface area (Å²) in [5.74, 6) is 1.50. The van der Waals surface area contributed by atoms with Gasteiger partial charge in [0, 0.05) is 10.5 Å². The first-order chi connectivity index (χ1) is 11.2. The van der Waals surface area contributed by atoms with Gasteiger partial charge in [-0.15, -0.1) is 11.8 Å². The number of ether oxygens (including phenoxy) is 2. The van der Waals surface area contributed by atoms with Crippen LogP contribution in [-0.4, -0.2) is 25.8 Å². The van der Waals surface area contributed by atoms with Crippen molar-refractivity contribution in [1.82, 2.24) is 0 Å². The predicted molar refractivity (Wildman–Crippen MR) is 95.8 cm³/mol. The normalized spacial score (nSPS) is 10.7. The lowest BCUT2D eigenvalue weighted by Crippen LogP contribution is -1.97. The number of benzene rings is 2. The quantitative estimate of drug-likeness (QED) is 0.419. The van der Waals surface area contributed by atoms with E-state index in [0.29, 0.717) is 17.9 Å². The van der Waals surface area contributed by atoms with Crippen molar-refractivity contribution in [2.75, 3.05) is 20.0 Å². The van der Waals surface area contributed by atoms with Crippen molar-refractivity contribution in [3.63, 3.8) is 0 Å². The molecule has 2 aromatic rings. The molecule has 2 aromatic carbocycles. The number of carbonyl (C=O) groups is 1. The molecule has 23 heavy (non-hydrogen) atoms. The van der Waals surface area contributed by atoms with Gasteiger partial charge < -0.3 is 9.47 Å². The number of rotatable bonds is 7. The van der Waals surface area contributed by atoms with Crippen molar-refractivity contribution in [3.8, 4) is 11.5 Å². The van der Waals surface area contributed by atoms with Crippen molar-refractivity contribution >= 4 is 23.6 Å². The highest BCUT2D eigenvalue weighted by Gasteiger charge is 2.05. The molecule has 0 aromatic heterocycles. The van der Waals surface area contributed by atoms with Crippen LogP contribution in [0.4, 0.5) is 0 Å². The summed E-state index contributed by atoms with van der Waals surface area (Å²) in [6.07, 6.45) is 5.39. The van der Waals surface area contributed by atoms with Gasteiger partial charge in [0.05, 0.1) is 13.7 Å². The van der Waals surface area contributed by atoms with E-state index in [1.54, 1.807) is 37.1 Å². The molecule has 0 bridgehead atoms. The van der Waals surface area contributed by atoms with Gasteiger partial charge in [-0.3, -0.25) is 4.79 Å². The first-order valence-corrected chi connectivity index (χ1v) is 8.57. The summed E-state index contributed by atoms with van der Waals surface area (Å²) in [6.45, 7) is 2.50. The summed E-state index contributed by atoms with van der Waals surface area (Å²) >= 11 is 1.61. The minimum atomic E-state index is -0.0481. The number of hydrogen-bond acceptors (Lipinski definition) is 4. The third-order valence-corrected chi connectivity index (χ3v) is 4.02. The van der Waals surface area contributed by atoms with E-state index in [0.717, 1.165) is 16.2 Å². The highest BCUT2D eigenvalue weighted by molar-refractivity contribution is 7.98. The molecule has 0 saturated heterocycles. The molecule has 3 nitrogen and oxygen atoms in total. The number of carbonyl (C=O) groups excluding carboxylic acids is 1. The molecule has 0 aliphatic rings. The number of ketones is 1. The Kier molecular flexibility index (Phi) is 6.29. The average molecular weight is 328 g/mol. The number of hydrogen-bond donors (Lipinski definition) is 0. The van der Waals surface area contributed by atoms with Gasteiger partial charge in [-0.25, -0.2) is 0 Å². The van der Waals surface area contributed by atoms with Crippen molar-refractivity contribution in [2.24, 2.45) is 0 Å². The molecule has 0 heterocycles. The molecule has 0 spiro atoms. The van der Waals surface area contributed by atoms with Gasteiger partial charge in [0.2, 0.25) is 0 Å². The fourth-order valence-corrected chi connectivity index (χ4v) is 2.74. The predicted octanol–water partition coefficient (Wildman–Crippen LogP) is 4.71. The molecule has 4 heteroatoms. The van der Waals surface area contributed by atoms with Gasteiger partial charge >= 0.3 is 0 Å². The van der Waals surface area contributed by atoms with Crippen molar-refractivity contribution < 1.29 is 14.3 Å². The maximum atomic E-state index is 12.3. The third-order valence-electron chi connectivity index (χ3n) is 3.26. The smallest absolute Gasteiger partial charge is 0.185 e. The lowest BCUT2D eigenvalue weighted by Gasteiger charge is -2.06. The maximum absolute atomic E-state index is 12.3. The summed E-state index contributed by atoms with van der Waals surface area (Å²) < 4.78 is 10.7. The standard InChI is InChI=1S/C19H20O3S/c1-4-22-16-7-5-6-15(13-16)17(20)10-8-14-9-11-18(21-2)19(12-14)23-3/h5-13H,4H2,1-3H3/b10-8+. The molecular weight excluding hydrogens is 308 g/mol. The molecule has 0 fully saturated rings. The highest BCUT2D eigenvalue weighted by atomic mass is 32.2. The molecule has 2 rings (SSSR count). The van der Waals surface area contributed by atoms with Crippen molar-refractivity contribution in [1.29, 1.82) is 0 Å². The molecule has 0 aliphatic carbocycles. The van der Waals surface area contributed by atoms with Gasteiger partial charge in [0.25, 0.3) is 0 Å². The van der Waals surface area contributed by atoms with E-state index in [-0.39, 0.29) is 5.78 Å². The summed E-state index contributed by atoms with van der Waals surface area (Å²) in [4.78, 5) is 13.3. The van der Waals surface area contributed by atoms with Crippen LogP contribution in [0.25, 0.3) is 6.08 Å². The Morgan fingerprint density at radius 3 is 2.74 bits per heavy atom. The van der Waals surface area contributed by atoms with E-state index in [1.165, 1.54) is 0 Å². The first-order valence-electron chi connectivity index (χ1n) is 7.35. The van der Waals surface area contributed by atoms with E-state index in [9.17, 15) is 4.79 Å². The zero-order valence-electron chi connectivity index (χ0n) is 13.5. The Morgan fingerprint density at radius 1 is 1.22 bits per heavy atom. The second kappa shape index (κ2) is 8.44. The summed E-state index contributed by atoms with van der Waals surface area (Å²) in [6, 6.07) is 13.1. The zero-order valence-corrected chi connectivity index (χ0v) is 14.4. The van der Waals surface area contributed by atoms with Gasteiger partial charge in [-0.05, 0) is 49.1 Å². The van der Waals surface area contributed by atoms with E-state index in [1.807, 2.05) is 49.6 Å². The third kappa shape index (κ3) is 4.63. The minimum absolute atomic E-state index is 0.0481. The van der Waals surface area contributed by atoms with Crippen LogP contribution < -0.4 is 9.47 Å². The second-order valence-electron chi connectivity index (χ2n) is 4.77. The largest absolute Gasteiger partial charge is 0.496 e. The first kappa shape index (κ1) is 17.2. The Morgan fingerprint density at radius 2 is 2.04 bits per heavy atom. The highest BCUT2D eigenvalue weighted by Crippen LogP contribution is 2.28. The number of thioether (sulfide) groups is 1. The van der Waals surface area contributed by atoms with Crippen LogP contribution in [0.5, 0.6) is 11.5 Å². The second-order valence-corrected chi connectivity index (χ2v) is 5.62. The molecule has 0 aliphatic heterocycles. The summed E-state index contributed by atoms with van der Waals surface area (Å²) in [5.41, 5.74) is 1.58. The van der Waals surface area contributed by atoms with Crippen LogP contribution in [0.3, 0.4) is 0 Å². The van der Waals surface area contributed by atoms with Crippen LogP contribution in [0.15, 0.2) is 53.4 Å². The van der Waals surface area contributed by atoms with Crippen LogP contribution in [0, 0.1) is 0 Å². The molecule has 0 unspecified atom stereocenters. The Hall–Kier alpha value is -2.20. The lowest BCUT2D eigenvalue weighted by molar-refractivity contribution is 0.104. The minimum Gasteiger partial charge on any atom is -0.496 e. The zero-order chi connectivity index (χ0) is 16.7. The Balaban J connectivity index is 2.16. The molecule has 0 saturated carbocycles. The van der Waals surface area contributed by atoms with Crippen LogP contribution >= 0.6 is 11.8 Å². The SMILES string of the molecule is CCOc1cccc(C(=O)/C=C/c2ccc(OC)c(SC)c2)c1. The van der Waals surface area contributed by atoms with E-state index in [4.69, 9.17) is 9.47 Å². The molecule has 0 amide bonds. The molecule has 0 radical (unpaired) electrons. The topological polar surface area (TPSA) is 35.5 Å². The average Bonchev–Trinajstić information content (AvgIpc) is 2.59. The van der Waals surface area contributed by atoms with E-state index < -0.39 is 0 Å². The Bertz CT molecular complexity index is 708. The molecular formula is C19H20O3S. The maximum Gasteiger partial charge on any atom is 0.185 e. The Labute approximate surface area is 141 Å². The van der Waals surface area contributed by atoms with Crippen molar-refractivity contribution in [3.05, 3.63) is 59.7 Å². The molecule has 0 N–H and O–H groups in total. The van der Waals surface area contributed by atoms with Gasteiger partial charge in [0.1, 0.15) is 11.5 Å². The number of allylic oxidation sites excluding steroid dienone is 1. The lowest BCUT2D eigenvalue weighted by atomic mass is 10.1. The molecule has 0 atom stereocenters. The van der Waals surface area contributed by atoms with Crippen LogP contribution in [0.1, 0.15) is 22.8 Å². The summed E-state index contributed by atoms with van der Waals surface area (Å²) in [7, 11) is 1.65. The van der Waals surface area contributed by atoms with Crippen LogP contribution in [0.2, 0.25) is 0 Å². The van der Waals surface area contributed by atoms with E-state index >= 15 is 0 Å². The van der Waals surface area contributed by atoms with Gasteiger partial charge in [-0.1, -0.05) is 24.3 Å². The molecule has 120 valence electrons. The van der Waals surface area contributed by atoms with Crippen molar-refractivity contribution in [2.45, 2.75) is 11.8 Å². The van der Waals surface area contributed by atoms with Gasteiger partial charge in [-0.2, -0.15) is 0 Å². The van der Waals surface area contributed by atoms with E-state index in [2.05, 4.69) is 0 Å². The summed E-state index contributed by atoms with van der Waals surface area (Å²) in [5, 5.41) is 0. The fourth-order valence-electron chi connectivity index (χ4n) is 2.13. The monoisotopic (exact) mass is 328 g/mol.